The van der Waals surface area contributed by atoms with Crippen LogP contribution in [-0.4, -0.2) is 36.3 Å². The highest BCUT2D eigenvalue weighted by atomic mass is 127. The number of methoxy groups -OCH3 is 1. The van der Waals surface area contributed by atoms with E-state index in [-0.39, 0.29) is 0 Å². The summed E-state index contributed by atoms with van der Waals surface area (Å²) in [5.74, 6) is 0.605. The standard InChI is InChI=1S/C13H20IN3O2Si/c1-18-13-10-7-11(14)17(12(10)15-8-16-13)9-19-5-6-20(2,3)4/h7-8H,5-6,9H2,1-4H3. The van der Waals surface area contributed by atoms with Crippen molar-refractivity contribution >= 4 is 41.7 Å². The van der Waals surface area contributed by atoms with Gasteiger partial charge < -0.3 is 9.47 Å². The molecule has 5 nitrogen and oxygen atoms in total. The van der Waals surface area contributed by atoms with Crippen molar-refractivity contribution in [1.82, 2.24) is 14.5 Å². The summed E-state index contributed by atoms with van der Waals surface area (Å²) in [7, 11) is 0.578. The molecule has 0 fully saturated rings. The third-order valence-electron chi connectivity index (χ3n) is 3.01. The van der Waals surface area contributed by atoms with Crippen molar-refractivity contribution in [2.45, 2.75) is 32.4 Å². The average Bonchev–Trinajstić information content (AvgIpc) is 2.69. The van der Waals surface area contributed by atoms with Crippen LogP contribution in [0.3, 0.4) is 0 Å². The van der Waals surface area contributed by atoms with Gasteiger partial charge >= 0.3 is 0 Å². The quantitative estimate of drug-likeness (QED) is 0.420. The van der Waals surface area contributed by atoms with E-state index in [0.29, 0.717) is 12.6 Å². The molecule has 0 spiro atoms. The second-order valence-corrected chi connectivity index (χ2v) is 12.6. The maximum Gasteiger partial charge on any atom is 0.225 e. The molecule has 0 atom stereocenters. The number of nitrogens with zero attached hydrogens (tertiary/aromatic N) is 3. The van der Waals surface area contributed by atoms with E-state index in [1.165, 1.54) is 12.4 Å². The Labute approximate surface area is 133 Å². The number of halogens is 1. The highest BCUT2D eigenvalue weighted by Crippen LogP contribution is 2.26. The monoisotopic (exact) mass is 405 g/mol. The lowest BCUT2D eigenvalue weighted by molar-refractivity contribution is 0.0883. The molecule has 20 heavy (non-hydrogen) atoms. The van der Waals surface area contributed by atoms with E-state index in [0.717, 1.165) is 21.3 Å². The van der Waals surface area contributed by atoms with Crippen molar-refractivity contribution in [2.24, 2.45) is 0 Å². The van der Waals surface area contributed by atoms with Crippen LogP contribution in [-0.2, 0) is 11.5 Å². The molecule has 0 aliphatic rings. The van der Waals surface area contributed by atoms with Crippen LogP contribution in [0.15, 0.2) is 12.4 Å². The molecular formula is C13H20IN3O2Si. The summed E-state index contributed by atoms with van der Waals surface area (Å²) >= 11 is 2.28. The number of ether oxygens (including phenoxy) is 2. The van der Waals surface area contributed by atoms with E-state index in [2.05, 4.69) is 52.2 Å². The van der Waals surface area contributed by atoms with Crippen LogP contribution in [0.5, 0.6) is 5.88 Å². The fraction of sp³-hybridized carbons (Fsp3) is 0.538. The number of rotatable bonds is 6. The van der Waals surface area contributed by atoms with E-state index < -0.39 is 8.07 Å². The van der Waals surface area contributed by atoms with Crippen molar-refractivity contribution in [3.05, 3.63) is 16.1 Å². The summed E-state index contributed by atoms with van der Waals surface area (Å²) in [5.41, 5.74) is 0.856. The highest BCUT2D eigenvalue weighted by Gasteiger charge is 2.14. The van der Waals surface area contributed by atoms with Gasteiger partial charge in [0.1, 0.15) is 18.7 Å². The van der Waals surface area contributed by atoms with E-state index in [1.807, 2.05) is 10.6 Å². The molecule has 2 rings (SSSR count). The fourth-order valence-corrected chi connectivity index (χ4v) is 3.27. The fourth-order valence-electron chi connectivity index (χ4n) is 1.83. The summed E-state index contributed by atoms with van der Waals surface area (Å²) in [6.07, 6.45) is 1.52. The number of aromatic nitrogens is 3. The molecule has 0 amide bonds. The molecule has 0 aromatic carbocycles. The van der Waals surface area contributed by atoms with Gasteiger partial charge in [-0.2, -0.15) is 0 Å². The molecule has 0 aliphatic heterocycles. The van der Waals surface area contributed by atoms with Gasteiger partial charge in [-0.1, -0.05) is 19.6 Å². The van der Waals surface area contributed by atoms with Crippen LogP contribution < -0.4 is 4.74 Å². The van der Waals surface area contributed by atoms with Crippen LogP contribution in [0.2, 0.25) is 25.7 Å². The van der Waals surface area contributed by atoms with Crippen molar-refractivity contribution in [3.63, 3.8) is 0 Å². The van der Waals surface area contributed by atoms with Crippen LogP contribution in [0.25, 0.3) is 11.0 Å². The van der Waals surface area contributed by atoms with Crippen LogP contribution in [0.4, 0.5) is 0 Å². The van der Waals surface area contributed by atoms with Crippen molar-refractivity contribution in [3.8, 4) is 5.88 Å². The SMILES string of the molecule is COc1ncnc2c1cc(I)n2COCC[Si](C)(C)C. The lowest BCUT2D eigenvalue weighted by atomic mass is 10.4. The molecule has 2 heterocycles. The minimum Gasteiger partial charge on any atom is -0.480 e. The van der Waals surface area contributed by atoms with Crippen molar-refractivity contribution in [2.75, 3.05) is 13.7 Å². The first kappa shape index (κ1) is 15.7. The maximum absolute atomic E-state index is 5.81. The smallest absolute Gasteiger partial charge is 0.225 e. The zero-order valence-electron chi connectivity index (χ0n) is 12.3. The Morgan fingerprint density at radius 2 is 2.05 bits per heavy atom. The molecule has 2 aromatic rings. The molecule has 2 aromatic heterocycles. The van der Waals surface area contributed by atoms with Crippen LogP contribution >= 0.6 is 22.6 Å². The predicted octanol–water partition coefficient (Wildman–Crippen LogP) is 3.36. The summed E-state index contributed by atoms with van der Waals surface area (Å²) < 4.78 is 14.2. The second kappa shape index (κ2) is 6.40. The number of hydrogen-bond donors (Lipinski definition) is 0. The lowest BCUT2D eigenvalue weighted by Crippen LogP contribution is -2.22. The third kappa shape index (κ3) is 3.70. The van der Waals surface area contributed by atoms with Gasteiger partial charge in [0.05, 0.1) is 16.2 Å². The van der Waals surface area contributed by atoms with E-state index in [9.17, 15) is 0 Å². The Morgan fingerprint density at radius 1 is 1.30 bits per heavy atom. The third-order valence-corrected chi connectivity index (χ3v) is 5.61. The Bertz CT molecular complexity index is 595. The first-order chi connectivity index (χ1) is 9.42. The zero-order valence-corrected chi connectivity index (χ0v) is 15.5. The molecule has 0 saturated carbocycles. The minimum absolute atomic E-state index is 0.520. The largest absolute Gasteiger partial charge is 0.480 e. The Hall–Kier alpha value is -0.673. The molecule has 110 valence electrons. The number of fused-ring (bicyclic) bond motifs is 1. The predicted molar refractivity (Wildman–Crippen MR) is 90.9 cm³/mol. The van der Waals surface area contributed by atoms with Crippen LogP contribution in [0.1, 0.15) is 0 Å². The first-order valence-electron chi connectivity index (χ1n) is 6.54. The van der Waals surface area contributed by atoms with Gasteiger partial charge in [-0.3, -0.25) is 4.57 Å². The Balaban J connectivity index is 2.12. The van der Waals surface area contributed by atoms with Gasteiger partial charge in [-0.25, -0.2) is 9.97 Å². The number of hydrogen-bond acceptors (Lipinski definition) is 4. The van der Waals surface area contributed by atoms with Gasteiger partial charge in [-0.05, 0) is 34.7 Å². The molecule has 0 bridgehead atoms. The Kier molecular flexibility index (Phi) is 5.03. The van der Waals surface area contributed by atoms with Crippen molar-refractivity contribution in [1.29, 1.82) is 0 Å². The van der Waals surface area contributed by atoms with Gasteiger partial charge in [0, 0.05) is 14.7 Å². The first-order valence-corrected chi connectivity index (χ1v) is 11.3. The minimum atomic E-state index is -1.04. The topological polar surface area (TPSA) is 49.2 Å². The molecule has 0 unspecified atom stereocenters. The van der Waals surface area contributed by atoms with Gasteiger partial charge in [0.25, 0.3) is 0 Å². The zero-order chi connectivity index (χ0) is 14.8. The van der Waals surface area contributed by atoms with Gasteiger partial charge in [0.15, 0.2) is 0 Å². The molecule has 0 radical (unpaired) electrons. The van der Waals surface area contributed by atoms with Crippen molar-refractivity contribution < 1.29 is 9.47 Å². The molecule has 0 aliphatic carbocycles. The normalized spacial score (nSPS) is 12.1. The summed E-state index contributed by atoms with van der Waals surface area (Å²) in [4.78, 5) is 8.46. The molecular weight excluding hydrogens is 385 g/mol. The second-order valence-electron chi connectivity index (χ2n) is 5.86. The highest BCUT2D eigenvalue weighted by molar-refractivity contribution is 14.1. The van der Waals surface area contributed by atoms with E-state index in [4.69, 9.17) is 9.47 Å². The molecule has 7 heteroatoms. The summed E-state index contributed by atoms with van der Waals surface area (Å²) in [5, 5.41) is 0.924. The lowest BCUT2D eigenvalue weighted by Gasteiger charge is -2.16. The van der Waals surface area contributed by atoms with E-state index >= 15 is 0 Å². The molecule has 0 saturated heterocycles. The maximum atomic E-state index is 5.81. The average molecular weight is 405 g/mol. The van der Waals surface area contributed by atoms with Crippen LogP contribution in [0, 0.1) is 3.70 Å². The summed E-state index contributed by atoms with van der Waals surface area (Å²) in [6, 6.07) is 3.19. The van der Waals surface area contributed by atoms with E-state index in [1.54, 1.807) is 7.11 Å². The molecule has 0 N–H and O–H groups in total. The van der Waals surface area contributed by atoms with Gasteiger partial charge in [-0.15, -0.1) is 0 Å². The Morgan fingerprint density at radius 3 is 2.70 bits per heavy atom. The van der Waals surface area contributed by atoms with Gasteiger partial charge in [0.2, 0.25) is 5.88 Å². The summed E-state index contributed by atoms with van der Waals surface area (Å²) in [6.45, 7) is 8.37.